The zero-order valence-corrected chi connectivity index (χ0v) is 13.3. The summed E-state index contributed by atoms with van der Waals surface area (Å²) < 4.78 is 6.21. The van der Waals surface area contributed by atoms with Gasteiger partial charge < -0.3 is 10.3 Å². The first-order valence-electron chi connectivity index (χ1n) is 5.41. The van der Waals surface area contributed by atoms with E-state index >= 15 is 0 Å². The number of nitrogens with two attached hydrogens (primary N) is 1. The maximum absolute atomic E-state index is 6.06. The second-order valence-electron chi connectivity index (χ2n) is 3.87. The van der Waals surface area contributed by atoms with E-state index in [2.05, 4.69) is 27.7 Å². The lowest BCUT2D eigenvalue weighted by molar-refractivity contribution is 0.439. The summed E-state index contributed by atoms with van der Waals surface area (Å²) in [5.74, 6) is 0.327. The number of thiophene rings is 1. The topological polar surface area (TPSA) is 52.0 Å². The van der Waals surface area contributed by atoms with E-state index in [9.17, 15) is 0 Å². The van der Waals surface area contributed by atoms with Gasteiger partial charge in [0.1, 0.15) is 5.69 Å². The van der Waals surface area contributed by atoms with Crippen LogP contribution in [0.5, 0.6) is 0 Å². The van der Waals surface area contributed by atoms with Crippen LogP contribution in [0, 0.1) is 3.57 Å². The maximum atomic E-state index is 6.06. The van der Waals surface area contributed by atoms with Crippen molar-refractivity contribution in [2.75, 3.05) is 5.73 Å². The highest BCUT2D eigenvalue weighted by Crippen LogP contribution is 2.40. The van der Waals surface area contributed by atoms with Gasteiger partial charge >= 0.3 is 0 Å². The Morgan fingerprint density at radius 1 is 1.32 bits per heavy atom. The zero-order chi connectivity index (χ0) is 13.4. The normalized spacial score (nSPS) is 10.8. The Morgan fingerprint density at radius 2 is 2.16 bits per heavy atom. The number of hydrogen-bond acceptors (Lipinski definition) is 4. The molecule has 0 radical (unpaired) electrons. The van der Waals surface area contributed by atoms with Gasteiger partial charge in [0, 0.05) is 19.0 Å². The van der Waals surface area contributed by atoms with Gasteiger partial charge in [-0.1, -0.05) is 22.8 Å². The van der Waals surface area contributed by atoms with Crippen molar-refractivity contribution in [3.8, 4) is 21.7 Å². The fraction of sp³-hybridized carbons (Fsp3) is 0. The van der Waals surface area contributed by atoms with Gasteiger partial charge in [0.25, 0.3) is 0 Å². The van der Waals surface area contributed by atoms with Crippen LogP contribution in [0.3, 0.4) is 0 Å². The van der Waals surface area contributed by atoms with Crippen molar-refractivity contribution in [2.45, 2.75) is 0 Å². The predicted octanol–water partition coefficient (Wildman–Crippen LogP) is 4.91. The summed E-state index contributed by atoms with van der Waals surface area (Å²) in [5.41, 5.74) is 8.39. The summed E-state index contributed by atoms with van der Waals surface area (Å²) in [5, 5.41) is 6.74. The van der Waals surface area contributed by atoms with Gasteiger partial charge in [0.05, 0.1) is 5.56 Å². The van der Waals surface area contributed by atoms with Crippen molar-refractivity contribution < 1.29 is 4.52 Å². The largest absolute Gasteiger partial charge is 0.367 e. The Balaban J connectivity index is 2.24. The molecule has 0 aliphatic rings. The van der Waals surface area contributed by atoms with Gasteiger partial charge in [0.2, 0.25) is 5.88 Å². The lowest BCUT2D eigenvalue weighted by Crippen LogP contribution is -1.88. The fourth-order valence-electron chi connectivity index (χ4n) is 1.82. The first-order chi connectivity index (χ1) is 9.16. The minimum absolute atomic E-state index is 0.327. The third-order valence-electron chi connectivity index (χ3n) is 2.67. The minimum atomic E-state index is 0.327. The monoisotopic (exact) mass is 402 g/mol. The molecule has 0 amide bonds. The van der Waals surface area contributed by atoms with Gasteiger partial charge in [-0.25, -0.2) is 0 Å². The SMILES string of the molecule is Nc1onc(-c2cc(Cl)ccc2I)c1-c1cccs1. The van der Waals surface area contributed by atoms with Crippen LogP contribution in [0.2, 0.25) is 5.02 Å². The second kappa shape index (κ2) is 5.15. The van der Waals surface area contributed by atoms with E-state index in [1.165, 1.54) is 0 Å². The molecule has 3 nitrogen and oxygen atoms in total. The molecule has 1 aromatic carbocycles. The number of benzene rings is 1. The number of nitrogen functional groups attached to an aromatic ring is 1. The van der Waals surface area contributed by atoms with E-state index in [1.807, 2.05) is 35.7 Å². The zero-order valence-electron chi connectivity index (χ0n) is 9.56. The van der Waals surface area contributed by atoms with Crippen LogP contribution in [0.15, 0.2) is 40.2 Å². The Hall–Kier alpha value is -1.05. The third kappa shape index (κ3) is 2.37. The maximum Gasteiger partial charge on any atom is 0.231 e. The first-order valence-corrected chi connectivity index (χ1v) is 7.75. The second-order valence-corrected chi connectivity index (χ2v) is 6.42. The Kier molecular flexibility index (Phi) is 3.51. The molecule has 6 heteroatoms. The van der Waals surface area contributed by atoms with E-state index in [4.69, 9.17) is 21.9 Å². The molecule has 0 spiro atoms. The molecule has 0 aliphatic heterocycles. The van der Waals surface area contributed by atoms with Gasteiger partial charge in [-0.2, -0.15) is 0 Å². The van der Waals surface area contributed by atoms with Crippen molar-refractivity contribution in [1.29, 1.82) is 0 Å². The van der Waals surface area contributed by atoms with E-state index in [-0.39, 0.29) is 0 Å². The van der Waals surface area contributed by atoms with E-state index < -0.39 is 0 Å². The molecular weight excluding hydrogens is 395 g/mol. The predicted molar refractivity (Wildman–Crippen MR) is 87.4 cm³/mol. The Morgan fingerprint density at radius 3 is 2.89 bits per heavy atom. The quantitative estimate of drug-likeness (QED) is 0.620. The Labute approximate surface area is 132 Å². The summed E-state index contributed by atoms with van der Waals surface area (Å²) in [4.78, 5) is 1.03. The molecular formula is C13H8ClIN2OS. The van der Waals surface area contributed by atoms with Crippen LogP contribution >= 0.6 is 45.5 Å². The lowest BCUT2D eigenvalue weighted by atomic mass is 10.1. The van der Waals surface area contributed by atoms with Crippen molar-refractivity contribution in [3.63, 3.8) is 0 Å². The number of aromatic nitrogens is 1. The molecule has 0 saturated heterocycles. The molecule has 0 saturated carbocycles. The molecule has 2 aromatic heterocycles. The van der Waals surface area contributed by atoms with Gasteiger partial charge in [-0.15, -0.1) is 11.3 Å². The third-order valence-corrected chi connectivity index (χ3v) is 4.73. The molecule has 0 bridgehead atoms. The van der Waals surface area contributed by atoms with Crippen LogP contribution in [0.4, 0.5) is 5.88 Å². The fourth-order valence-corrected chi connectivity index (χ4v) is 3.36. The first kappa shape index (κ1) is 13.0. The van der Waals surface area contributed by atoms with Crippen molar-refractivity contribution in [1.82, 2.24) is 5.16 Å². The standard InChI is InChI=1S/C13H8ClIN2OS/c14-7-3-4-9(15)8(6-7)12-11(13(16)18-17-12)10-2-1-5-19-10/h1-6H,16H2. The number of hydrogen-bond donors (Lipinski definition) is 1. The van der Waals surface area contributed by atoms with Gasteiger partial charge in [0.15, 0.2) is 0 Å². The van der Waals surface area contributed by atoms with Gasteiger partial charge in [-0.05, 0) is 52.2 Å². The molecule has 0 unspecified atom stereocenters. The molecule has 19 heavy (non-hydrogen) atoms. The molecule has 3 aromatic rings. The molecule has 2 N–H and O–H groups in total. The summed E-state index contributed by atoms with van der Waals surface area (Å²) >= 11 is 9.91. The summed E-state index contributed by atoms with van der Waals surface area (Å²) in [7, 11) is 0. The van der Waals surface area contributed by atoms with Crippen LogP contribution in [0.1, 0.15) is 0 Å². The van der Waals surface area contributed by atoms with Crippen LogP contribution < -0.4 is 5.73 Å². The number of halogens is 2. The van der Waals surface area contributed by atoms with Crippen molar-refractivity contribution in [3.05, 3.63) is 44.3 Å². The average Bonchev–Trinajstić information content (AvgIpc) is 3.01. The number of nitrogens with zero attached hydrogens (tertiary/aromatic N) is 1. The smallest absolute Gasteiger partial charge is 0.231 e. The molecule has 0 aliphatic carbocycles. The average molecular weight is 403 g/mol. The van der Waals surface area contributed by atoms with Crippen LogP contribution in [-0.4, -0.2) is 5.16 Å². The molecule has 0 atom stereocenters. The molecule has 0 fully saturated rings. The lowest BCUT2D eigenvalue weighted by Gasteiger charge is -2.03. The molecule has 2 heterocycles. The highest BCUT2D eigenvalue weighted by atomic mass is 127. The summed E-state index contributed by atoms with van der Waals surface area (Å²) in [6.45, 7) is 0. The van der Waals surface area contributed by atoms with Crippen molar-refractivity contribution >= 4 is 51.4 Å². The van der Waals surface area contributed by atoms with Crippen molar-refractivity contribution in [2.24, 2.45) is 0 Å². The van der Waals surface area contributed by atoms with E-state index in [1.54, 1.807) is 11.3 Å². The molecule has 3 rings (SSSR count). The minimum Gasteiger partial charge on any atom is -0.367 e. The number of anilines is 1. The van der Waals surface area contributed by atoms with E-state index in [0.717, 1.165) is 25.3 Å². The van der Waals surface area contributed by atoms with Gasteiger partial charge in [-0.3, -0.25) is 0 Å². The highest BCUT2D eigenvalue weighted by Gasteiger charge is 2.20. The Bertz CT molecular complexity index is 724. The van der Waals surface area contributed by atoms with Crippen LogP contribution in [-0.2, 0) is 0 Å². The highest BCUT2D eigenvalue weighted by molar-refractivity contribution is 14.1. The van der Waals surface area contributed by atoms with Crippen LogP contribution in [0.25, 0.3) is 21.7 Å². The number of rotatable bonds is 2. The molecule has 96 valence electrons. The summed E-state index contributed by atoms with van der Waals surface area (Å²) in [6, 6.07) is 9.63. The summed E-state index contributed by atoms with van der Waals surface area (Å²) in [6.07, 6.45) is 0. The van der Waals surface area contributed by atoms with E-state index in [0.29, 0.717) is 10.9 Å².